The summed E-state index contributed by atoms with van der Waals surface area (Å²) in [4.78, 5) is 14.1. The lowest BCUT2D eigenvalue weighted by Crippen LogP contribution is -2.46. The number of halogens is 1. The number of piperidine rings is 1. The van der Waals surface area contributed by atoms with Crippen LogP contribution >= 0.6 is 24.2 Å². The number of rotatable bonds is 5. The minimum atomic E-state index is -0.247. The molecule has 1 unspecified atom stereocenters. The molecule has 0 aromatic heterocycles. The molecule has 2 aliphatic rings. The Kier molecular flexibility index (Phi) is 7.25. The topological polar surface area (TPSA) is 41.1 Å². The van der Waals surface area contributed by atoms with E-state index in [1.54, 1.807) is 11.8 Å². The minimum Gasteiger partial charge on any atom is -0.355 e. The maximum Gasteiger partial charge on any atom is 0.236 e. The number of amides is 1. The van der Waals surface area contributed by atoms with Gasteiger partial charge in [-0.1, -0.05) is 31.0 Å². The van der Waals surface area contributed by atoms with Crippen LogP contribution in [0.4, 0.5) is 0 Å². The summed E-state index contributed by atoms with van der Waals surface area (Å²) in [6.07, 6.45) is 6.79. The van der Waals surface area contributed by atoms with E-state index in [1.807, 2.05) is 6.07 Å². The molecule has 1 aliphatic heterocycles. The van der Waals surface area contributed by atoms with Crippen LogP contribution in [0.25, 0.3) is 0 Å². The number of hydrogen-bond donors (Lipinski definition) is 2. The molecule has 23 heavy (non-hydrogen) atoms. The quantitative estimate of drug-likeness (QED) is 0.848. The number of benzene rings is 1. The highest BCUT2D eigenvalue weighted by atomic mass is 35.5. The molecule has 1 aromatic rings. The molecule has 0 bridgehead atoms. The Morgan fingerprint density at radius 3 is 2.61 bits per heavy atom. The lowest BCUT2D eigenvalue weighted by atomic mass is 9.99. The molecule has 5 heteroatoms. The Morgan fingerprint density at radius 2 is 1.96 bits per heavy atom. The van der Waals surface area contributed by atoms with Gasteiger partial charge >= 0.3 is 0 Å². The lowest BCUT2D eigenvalue weighted by Gasteiger charge is -2.29. The van der Waals surface area contributed by atoms with Crippen LogP contribution in [-0.2, 0) is 4.79 Å². The second-order valence-corrected chi connectivity index (χ2v) is 8.00. The highest BCUT2D eigenvalue weighted by Gasteiger charge is 2.42. The monoisotopic (exact) mass is 354 g/mol. The van der Waals surface area contributed by atoms with Crippen molar-refractivity contribution >= 4 is 30.1 Å². The summed E-state index contributed by atoms with van der Waals surface area (Å²) in [6.45, 7) is 2.99. The van der Waals surface area contributed by atoms with Crippen molar-refractivity contribution < 1.29 is 4.79 Å². The minimum absolute atomic E-state index is 0. The fraction of sp³-hybridized carbons (Fsp3) is 0.611. The van der Waals surface area contributed by atoms with Crippen LogP contribution in [-0.4, -0.2) is 30.3 Å². The highest BCUT2D eigenvalue weighted by molar-refractivity contribution is 8.01. The average Bonchev–Trinajstić information content (AvgIpc) is 3.04. The first-order valence-electron chi connectivity index (χ1n) is 8.52. The van der Waals surface area contributed by atoms with Crippen molar-refractivity contribution in [1.29, 1.82) is 0 Å². The number of thioether (sulfide) groups is 1. The molecule has 128 valence electrons. The SMILES string of the molecule is Cl.O=C(NCC1CCCNC1)C1(Sc2ccccc2)CCCC1. The molecule has 1 aliphatic carbocycles. The normalized spacial score (nSPS) is 23.0. The van der Waals surface area contributed by atoms with Gasteiger partial charge in [0.25, 0.3) is 0 Å². The molecule has 1 aromatic carbocycles. The lowest BCUT2D eigenvalue weighted by molar-refractivity contribution is -0.123. The molecule has 3 nitrogen and oxygen atoms in total. The first-order valence-corrected chi connectivity index (χ1v) is 9.33. The summed E-state index contributed by atoms with van der Waals surface area (Å²) >= 11 is 1.77. The fourth-order valence-corrected chi connectivity index (χ4v) is 4.93. The van der Waals surface area contributed by atoms with Crippen LogP contribution in [0.15, 0.2) is 35.2 Å². The van der Waals surface area contributed by atoms with Crippen LogP contribution < -0.4 is 10.6 Å². The third kappa shape index (κ3) is 4.88. The van der Waals surface area contributed by atoms with Crippen molar-refractivity contribution in [2.24, 2.45) is 5.92 Å². The summed E-state index contributed by atoms with van der Waals surface area (Å²) < 4.78 is -0.247. The molecule has 0 spiro atoms. The number of nitrogens with one attached hydrogen (secondary N) is 2. The van der Waals surface area contributed by atoms with E-state index in [0.717, 1.165) is 45.3 Å². The maximum absolute atomic E-state index is 12.9. The van der Waals surface area contributed by atoms with Gasteiger partial charge in [0.2, 0.25) is 5.91 Å². The van der Waals surface area contributed by atoms with Gasteiger partial charge < -0.3 is 10.6 Å². The van der Waals surface area contributed by atoms with Gasteiger partial charge in [0.15, 0.2) is 0 Å². The Hall–Kier alpha value is -0.710. The molecule has 2 N–H and O–H groups in total. The maximum atomic E-state index is 12.9. The third-order valence-electron chi connectivity index (χ3n) is 4.83. The predicted octanol–water partition coefficient (Wildman–Crippen LogP) is 3.63. The molecule has 1 heterocycles. The van der Waals surface area contributed by atoms with E-state index in [-0.39, 0.29) is 23.1 Å². The van der Waals surface area contributed by atoms with Crippen LogP contribution in [0, 0.1) is 5.92 Å². The van der Waals surface area contributed by atoms with Crippen LogP contribution in [0.3, 0.4) is 0 Å². The molecule has 3 rings (SSSR count). The van der Waals surface area contributed by atoms with Crippen molar-refractivity contribution in [3.05, 3.63) is 30.3 Å². The smallest absolute Gasteiger partial charge is 0.236 e. The van der Waals surface area contributed by atoms with Gasteiger partial charge in [-0.2, -0.15) is 0 Å². The molecule has 1 atom stereocenters. The van der Waals surface area contributed by atoms with Crippen LogP contribution in [0.2, 0.25) is 0 Å². The van der Waals surface area contributed by atoms with Crippen molar-refractivity contribution in [2.45, 2.75) is 48.2 Å². The van der Waals surface area contributed by atoms with Gasteiger partial charge in [-0.3, -0.25) is 4.79 Å². The van der Waals surface area contributed by atoms with Gasteiger partial charge in [-0.25, -0.2) is 0 Å². The van der Waals surface area contributed by atoms with Crippen molar-refractivity contribution in [1.82, 2.24) is 10.6 Å². The van der Waals surface area contributed by atoms with Crippen molar-refractivity contribution in [3.8, 4) is 0 Å². The summed E-state index contributed by atoms with van der Waals surface area (Å²) in [7, 11) is 0. The Labute approximate surface area is 149 Å². The molecule has 1 amide bonds. The number of carbonyl (C=O) groups is 1. The molecule has 1 saturated carbocycles. The molecular weight excluding hydrogens is 328 g/mol. The zero-order chi connectivity index (χ0) is 15.3. The summed E-state index contributed by atoms with van der Waals surface area (Å²) in [5.74, 6) is 0.849. The Balaban J connectivity index is 0.00000192. The van der Waals surface area contributed by atoms with Crippen molar-refractivity contribution in [3.63, 3.8) is 0 Å². The first kappa shape index (κ1) is 18.6. The van der Waals surface area contributed by atoms with E-state index in [1.165, 1.54) is 17.7 Å². The second kappa shape index (κ2) is 8.95. The second-order valence-electron chi connectivity index (χ2n) is 6.54. The predicted molar refractivity (Wildman–Crippen MR) is 99.3 cm³/mol. The van der Waals surface area contributed by atoms with Crippen LogP contribution in [0.1, 0.15) is 38.5 Å². The molecule has 1 saturated heterocycles. The zero-order valence-electron chi connectivity index (χ0n) is 13.6. The van der Waals surface area contributed by atoms with Gasteiger partial charge in [0.1, 0.15) is 0 Å². The zero-order valence-corrected chi connectivity index (χ0v) is 15.2. The van der Waals surface area contributed by atoms with Gasteiger partial charge in [-0.05, 0) is 56.8 Å². The van der Waals surface area contributed by atoms with E-state index >= 15 is 0 Å². The van der Waals surface area contributed by atoms with Gasteiger partial charge in [0.05, 0.1) is 4.75 Å². The van der Waals surface area contributed by atoms with E-state index in [9.17, 15) is 4.79 Å². The Bertz CT molecular complexity index is 485. The number of carbonyl (C=O) groups excluding carboxylic acids is 1. The molecule has 0 radical (unpaired) electrons. The fourth-order valence-electron chi connectivity index (χ4n) is 3.53. The summed E-state index contributed by atoms with van der Waals surface area (Å²) in [5.41, 5.74) is 0. The molecular formula is C18H27ClN2OS. The van der Waals surface area contributed by atoms with E-state index in [0.29, 0.717) is 5.92 Å². The highest BCUT2D eigenvalue weighted by Crippen LogP contribution is 2.45. The van der Waals surface area contributed by atoms with E-state index in [4.69, 9.17) is 0 Å². The largest absolute Gasteiger partial charge is 0.355 e. The first-order chi connectivity index (χ1) is 10.8. The molecule has 2 fully saturated rings. The van der Waals surface area contributed by atoms with E-state index in [2.05, 4.69) is 34.9 Å². The standard InChI is InChI=1S/C18H26N2OS.ClH/c21-17(20-14-15-7-6-12-19-13-15)18(10-4-5-11-18)22-16-8-2-1-3-9-16;/h1-3,8-9,15,19H,4-7,10-14H2,(H,20,21);1H. The number of hydrogen-bond acceptors (Lipinski definition) is 3. The van der Waals surface area contributed by atoms with Gasteiger partial charge in [0, 0.05) is 11.4 Å². The summed E-state index contributed by atoms with van der Waals surface area (Å²) in [5, 5.41) is 6.68. The Morgan fingerprint density at radius 1 is 1.22 bits per heavy atom. The third-order valence-corrected chi connectivity index (χ3v) is 6.32. The van der Waals surface area contributed by atoms with Crippen LogP contribution in [0.5, 0.6) is 0 Å². The van der Waals surface area contributed by atoms with Crippen molar-refractivity contribution in [2.75, 3.05) is 19.6 Å². The van der Waals surface area contributed by atoms with E-state index < -0.39 is 0 Å². The average molecular weight is 355 g/mol. The summed E-state index contributed by atoms with van der Waals surface area (Å²) in [6, 6.07) is 10.4. The van der Waals surface area contributed by atoms with Gasteiger partial charge in [-0.15, -0.1) is 24.2 Å².